The van der Waals surface area contributed by atoms with Crippen molar-refractivity contribution >= 4 is 29.0 Å². The Morgan fingerprint density at radius 1 is 1.33 bits per heavy atom. The molecule has 0 bridgehead atoms. The maximum absolute atomic E-state index is 5.63. The summed E-state index contributed by atoms with van der Waals surface area (Å²) in [5.74, 6) is 0.604. The van der Waals surface area contributed by atoms with Crippen LogP contribution in [-0.2, 0) is 6.42 Å². The van der Waals surface area contributed by atoms with Gasteiger partial charge >= 0.3 is 0 Å². The third-order valence-electron chi connectivity index (χ3n) is 2.44. The van der Waals surface area contributed by atoms with E-state index in [-0.39, 0.29) is 0 Å². The molecule has 0 amide bonds. The van der Waals surface area contributed by atoms with Crippen molar-refractivity contribution in [2.24, 2.45) is 0 Å². The van der Waals surface area contributed by atoms with Gasteiger partial charge in [-0.1, -0.05) is 32.3 Å². The molecule has 0 aliphatic heterocycles. The molecule has 15 heavy (non-hydrogen) atoms. The van der Waals surface area contributed by atoms with Gasteiger partial charge in [0.15, 0.2) is 0 Å². The normalized spacial score (nSPS) is 11.3. The minimum absolute atomic E-state index is 0.604. The predicted octanol–water partition coefficient (Wildman–Crippen LogP) is 5.12. The van der Waals surface area contributed by atoms with Crippen molar-refractivity contribution in [2.45, 2.75) is 39.0 Å². The van der Waals surface area contributed by atoms with E-state index in [0.29, 0.717) is 5.88 Å². The van der Waals surface area contributed by atoms with Gasteiger partial charge in [-0.05, 0) is 35.9 Å². The molecule has 0 aliphatic rings. The lowest BCUT2D eigenvalue weighted by molar-refractivity contribution is 0.667. The molecule has 1 heterocycles. The largest absolute Gasteiger partial charge is 0.144 e. The zero-order valence-electron chi connectivity index (χ0n) is 9.34. The van der Waals surface area contributed by atoms with Crippen LogP contribution in [0.4, 0.5) is 0 Å². The lowest BCUT2D eigenvalue weighted by Crippen LogP contribution is -1.85. The smallest absolute Gasteiger partial charge is 0.0407 e. The number of halogens is 1. The van der Waals surface area contributed by atoms with E-state index in [0.717, 1.165) is 0 Å². The molecule has 0 saturated carbocycles. The molecule has 0 radical (unpaired) electrons. The fraction of sp³-hybridized carbons (Fsp3) is 0.538. The molecule has 0 fully saturated rings. The maximum atomic E-state index is 5.63. The average Bonchev–Trinajstić information content (AvgIpc) is 2.69. The molecular formula is C13H19ClS. The summed E-state index contributed by atoms with van der Waals surface area (Å²) in [5.41, 5.74) is 1.48. The highest BCUT2D eigenvalue weighted by molar-refractivity contribution is 7.11. The molecule has 2 heteroatoms. The summed E-state index contributed by atoms with van der Waals surface area (Å²) in [7, 11) is 0. The summed E-state index contributed by atoms with van der Waals surface area (Å²) >= 11 is 7.44. The first-order valence-corrected chi connectivity index (χ1v) is 7.08. The van der Waals surface area contributed by atoms with E-state index < -0.39 is 0 Å². The Morgan fingerprint density at radius 3 is 2.93 bits per heavy atom. The second-order valence-electron chi connectivity index (χ2n) is 3.68. The van der Waals surface area contributed by atoms with Crippen molar-refractivity contribution < 1.29 is 0 Å². The van der Waals surface area contributed by atoms with Gasteiger partial charge in [-0.3, -0.25) is 0 Å². The standard InChI is InChI=1S/C13H19ClS/c1-2-3-4-5-7-12-9-11-15-13(12)8-6-10-14/h6,8-9,11H,2-5,7,10H2,1H3. The topological polar surface area (TPSA) is 0 Å². The molecule has 0 aliphatic carbocycles. The first-order chi connectivity index (χ1) is 7.38. The molecule has 0 spiro atoms. The SMILES string of the molecule is CCCCCCc1ccsc1C=CCCl. The number of aryl methyl sites for hydroxylation is 1. The van der Waals surface area contributed by atoms with Crippen molar-refractivity contribution in [3.05, 3.63) is 28.0 Å². The van der Waals surface area contributed by atoms with E-state index in [9.17, 15) is 0 Å². The summed E-state index contributed by atoms with van der Waals surface area (Å²) in [6.07, 6.45) is 10.7. The molecular weight excluding hydrogens is 224 g/mol. The van der Waals surface area contributed by atoms with Gasteiger partial charge in [0.2, 0.25) is 0 Å². The first-order valence-electron chi connectivity index (χ1n) is 5.67. The van der Waals surface area contributed by atoms with Gasteiger partial charge in [0.05, 0.1) is 0 Å². The highest BCUT2D eigenvalue weighted by Gasteiger charge is 2.00. The Morgan fingerprint density at radius 2 is 2.20 bits per heavy atom. The molecule has 0 atom stereocenters. The minimum atomic E-state index is 0.604. The van der Waals surface area contributed by atoms with Gasteiger partial charge in [0.1, 0.15) is 0 Å². The number of thiophene rings is 1. The molecule has 0 aromatic carbocycles. The maximum Gasteiger partial charge on any atom is 0.0407 e. The fourth-order valence-electron chi connectivity index (χ4n) is 1.59. The van der Waals surface area contributed by atoms with Crippen LogP contribution in [0, 0.1) is 0 Å². The lowest BCUT2D eigenvalue weighted by Gasteiger charge is -1.99. The molecule has 0 N–H and O–H groups in total. The molecule has 0 saturated heterocycles. The molecule has 1 aromatic heterocycles. The van der Waals surface area contributed by atoms with Crippen LogP contribution < -0.4 is 0 Å². The van der Waals surface area contributed by atoms with Gasteiger partial charge in [0.25, 0.3) is 0 Å². The predicted molar refractivity (Wildman–Crippen MR) is 71.9 cm³/mol. The zero-order chi connectivity index (χ0) is 10.9. The molecule has 84 valence electrons. The second-order valence-corrected chi connectivity index (χ2v) is 4.93. The molecule has 1 aromatic rings. The summed E-state index contributed by atoms with van der Waals surface area (Å²) in [4.78, 5) is 1.38. The highest BCUT2D eigenvalue weighted by Crippen LogP contribution is 2.21. The van der Waals surface area contributed by atoms with Gasteiger partial charge in [-0.2, -0.15) is 0 Å². The fourth-order valence-corrected chi connectivity index (χ4v) is 2.56. The van der Waals surface area contributed by atoms with Crippen LogP contribution in [0.25, 0.3) is 6.08 Å². The van der Waals surface area contributed by atoms with Crippen molar-refractivity contribution in [3.8, 4) is 0 Å². The average molecular weight is 243 g/mol. The van der Waals surface area contributed by atoms with E-state index in [2.05, 4.69) is 24.4 Å². The van der Waals surface area contributed by atoms with Crippen molar-refractivity contribution in [3.63, 3.8) is 0 Å². The Balaban J connectivity index is 2.39. The van der Waals surface area contributed by atoms with E-state index in [1.54, 1.807) is 0 Å². The molecule has 0 unspecified atom stereocenters. The van der Waals surface area contributed by atoms with E-state index in [1.807, 2.05) is 17.4 Å². The summed E-state index contributed by atoms with van der Waals surface area (Å²) in [6, 6.07) is 2.24. The monoisotopic (exact) mass is 242 g/mol. The zero-order valence-corrected chi connectivity index (χ0v) is 10.9. The number of alkyl halides is 1. The molecule has 1 rings (SSSR count). The summed E-state index contributed by atoms with van der Waals surface area (Å²) in [6.45, 7) is 2.25. The van der Waals surface area contributed by atoms with Gasteiger partial charge in [0, 0.05) is 10.8 Å². The van der Waals surface area contributed by atoms with E-state index >= 15 is 0 Å². The van der Waals surface area contributed by atoms with E-state index in [4.69, 9.17) is 11.6 Å². The van der Waals surface area contributed by atoms with Crippen LogP contribution in [0.3, 0.4) is 0 Å². The van der Waals surface area contributed by atoms with Crippen molar-refractivity contribution in [1.82, 2.24) is 0 Å². The van der Waals surface area contributed by atoms with Gasteiger partial charge < -0.3 is 0 Å². The van der Waals surface area contributed by atoms with E-state index in [1.165, 1.54) is 42.5 Å². The Kier molecular flexibility index (Phi) is 6.78. The third kappa shape index (κ3) is 4.85. The Hall–Kier alpha value is -0.270. The van der Waals surface area contributed by atoms with Crippen molar-refractivity contribution in [2.75, 3.05) is 5.88 Å². The van der Waals surface area contributed by atoms with Gasteiger partial charge in [-0.15, -0.1) is 22.9 Å². The molecule has 0 nitrogen and oxygen atoms in total. The van der Waals surface area contributed by atoms with Crippen LogP contribution >= 0.6 is 22.9 Å². The quantitative estimate of drug-likeness (QED) is 0.460. The number of allylic oxidation sites excluding steroid dienone is 1. The van der Waals surface area contributed by atoms with Crippen molar-refractivity contribution in [1.29, 1.82) is 0 Å². The Bertz CT molecular complexity index is 288. The van der Waals surface area contributed by atoms with Crippen LogP contribution in [0.2, 0.25) is 0 Å². The Labute approximate surface area is 102 Å². The van der Waals surface area contributed by atoms with Crippen LogP contribution in [-0.4, -0.2) is 5.88 Å². The van der Waals surface area contributed by atoms with Crippen LogP contribution in [0.15, 0.2) is 17.5 Å². The minimum Gasteiger partial charge on any atom is -0.144 e. The van der Waals surface area contributed by atoms with Gasteiger partial charge in [-0.25, -0.2) is 0 Å². The van der Waals surface area contributed by atoms with Crippen LogP contribution in [0.5, 0.6) is 0 Å². The first kappa shape index (κ1) is 12.8. The number of hydrogen-bond donors (Lipinski definition) is 0. The number of unbranched alkanes of at least 4 members (excludes halogenated alkanes) is 3. The lowest BCUT2D eigenvalue weighted by atomic mass is 10.1. The number of hydrogen-bond acceptors (Lipinski definition) is 1. The van der Waals surface area contributed by atoms with Crippen LogP contribution in [0.1, 0.15) is 43.0 Å². The summed E-state index contributed by atoms with van der Waals surface area (Å²) < 4.78 is 0. The third-order valence-corrected chi connectivity index (χ3v) is 3.54. The number of rotatable bonds is 7. The highest BCUT2D eigenvalue weighted by atomic mass is 35.5. The second kappa shape index (κ2) is 7.95. The summed E-state index contributed by atoms with van der Waals surface area (Å²) in [5, 5.41) is 2.17.